The number of amides is 2. The Morgan fingerprint density at radius 3 is 2.58 bits per heavy atom. The third kappa shape index (κ3) is 7.66. The molecule has 0 aromatic rings. The van der Waals surface area contributed by atoms with Gasteiger partial charge in [0, 0.05) is 26.1 Å². The summed E-state index contributed by atoms with van der Waals surface area (Å²) in [6.45, 7) is 6.56. The maximum Gasteiger partial charge on any atom is 0.314 e. The Morgan fingerprint density at radius 1 is 1.26 bits per heavy atom. The van der Waals surface area contributed by atoms with E-state index in [-0.39, 0.29) is 12.5 Å². The number of nitrogens with zero attached hydrogens (tertiary/aromatic N) is 1. The first-order chi connectivity index (χ1) is 9.08. The van der Waals surface area contributed by atoms with E-state index >= 15 is 0 Å². The molecule has 6 heteroatoms. The predicted octanol–water partition coefficient (Wildman–Crippen LogP) is 0.882. The molecule has 1 aliphatic heterocycles. The Balaban J connectivity index is 2.00. The largest absolute Gasteiger partial charge is 0.481 e. The maximum atomic E-state index is 11.4. The molecule has 0 aromatic carbocycles. The topological polar surface area (TPSA) is 81.7 Å². The van der Waals surface area contributed by atoms with E-state index in [2.05, 4.69) is 22.5 Å². The van der Waals surface area contributed by atoms with Crippen LogP contribution >= 0.6 is 0 Å². The van der Waals surface area contributed by atoms with Crippen molar-refractivity contribution in [2.24, 2.45) is 5.92 Å². The van der Waals surface area contributed by atoms with Crippen molar-refractivity contribution in [1.82, 2.24) is 15.5 Å². The van der Waals surface area contributed by atoms with Crippen LogP contribution in [-0.2, 0) is 4.79 Å². The highest BCUT2D eigenvalue weighted by atomic mass is 16.4. The summed E-state index contributed by atoms with van der Waals surface area (Å²) in [4.78, 5) is 24.2. The van der Waals surface area contributed by atoms with Gasteiger partial charge < -0.3 is 20.6 Å². The number of carboxylic acids is 1. The average Bonchev–Trinajstić information content (AvgIpc) is 2.84. The molecule has 0 spiro atoms. The average molecular weight is 271 g/mol. The zero-order valence-electron chi connectivity index (χ0n) is 11.7. The fourth-order valence-electron chi connectivity index (χ4n) is 2.24. The number of aliphatic carboxylic acids is 1. The molecule has 1 atom stereocenters. The molecule has 1 fully saturated rings. The lowest BCUT2D eigenvalue weighted by molar-refractivity contribution is -0.137. The van der Waals surface area contributed by atoms with Gasteiger partial charge in [-0.1, -0.05) is 6.92 Å². The van der Waals surface area contributed by atoms with Crippen molar-refractivity contribution in [3.05, 3.63) is 0 Å². The lowest BCUT2D eigenvalue weighted by Gasteiger charge is -2.20. The van der Waals surface area contributed by atoms with Crippen LogP contribution in [0.5, 0.6) is 0 Å². The van der Waals surface area contributed by atoms with Crippen molar-refractivity contribution in [2.45, 2.75) is 32.6 Å². The van der Waals surface area contributed by atoms with Gasteiger partial charge in [0.1, 0.15) is 0 Å². The van der Waals surface area contributed by atoms with E-state index in [1.54, 1.807) is 0 Å². The predicted molar refractivity (Wildman–Crippen MR) is 73.1 cm³/mol. The van der Waals surface area contributed by atoms with Gasteiger partial charge in [-0.05, 0) is 38.3 Å². The SMILES string of the molecule is CC(CNC(=O)NCCCC(=O)O)CN1CCCC1. The zero-order chi connectivity index (χ0) is 14.1. The zero-order valence-corrected chi connectivity index (χ0v) is 11.7. The maximum absolute atomic E-state index is 11.4. The van der Waals surface area contributed by atoms with Gasteiger partial charge in [-0.25, -0.2) is 4.79 Å². The number of nitrogens with one attached hydrogen (secondary N) is 2. The van der Waals surface area contributed by atoms with Crippen molar-refractivity contribution in [1.29, 1.82) is 0 Å². The molecule has 0 aliphatic carbocycles. The summed E-state index contributed by atoms with van der Waals surface area (Å²) < 4.78 is 0. The third-order valence-corrected chi connectivity index (χ3v) is 3.23. The minimum absolute atomic E-state index is 0.0889. The van der Waals surface area contributed by atoms with Crippen LogP contribution in [0.1, 0.15) is 32.6 Å². The number of carboxylic acid groups (broad SMARTS) is 1. The molecule has 0 saturated carbocycles. The standard InChI is InChI=1S/C13H25N3O3/c1-11(10-16-7-2-3-8-16)9-15-13(19)14-6-4-5-12(17)18/h11H,2-10H2,1H3,(H,17,18)(H2,14,15,19). The summed E-state index contributed by atoms with van der Waals surface area (Å²) >= 11 is 0. The molecule has 1 saturated heterocycles. The van der Waals surface area contributed by atoms with Gasteiger partial charge in [0.15, 0.2) is 0 Å². The van der Waals surface area contributed by atoms with Crippen LogP contribution in [0.3, 0.4) is 0 Å². The second kappa shape index (κ2) is 8.74. The second-order valence-electron chi connectivity index (χ2n) is 5.25. The van der Waals surface area contributed by atoms with E-state index in [1.165, 1.54) is 25.9 Å². The number of hydrogen-bond donors (Lipinski definition) is 3. The summed E-state index contributed by atoms with van der Waals surface area (Å²) in [5.41, 5.74) is 0. The van der Waals surface area contributed by atoms with Crippen LogP contribution in [0.4, 0.5) is 4.79 Å². The van der Waals surface area contributed by atoms with E-state index in [4.69, 9.17) is 5.11 Å². The number of carbonyl (C=O) groups is 2. The van der Waals surface area contributed by atoms with Crippen molar-refractivity contribution in [3.63, 3.8) is 0 Å². The monoisotopic (exact) mass is 271 g/mol. The summed E-state index contributed by atoms with van der Waals surface area (Å²) in [5, 5.41) is 13.9. The van der Waals surface area contributed by atoms with Crippen molar-refractivity contribution in [2.75, 3.05) is 32.7 Å². The summed E-state index contributed by atoms with van der Waals surface area (Å²) in [7, 11) is 0. The molecule has 0 aromatic heterocycles. The molecule has 0 bridgehead atoms. The Bertz CT molecular complexity index is 291. The van der Waals surface area contributed by atoms with E-state index in [1.807, 2.05) is 0 Å². The molecule has 1 heterocycles. The Hall–Kier alpha value is -1.30. The molecule has 6 nitrogen and oxygen atoms in total. The first-order valence-electron chi connectivity index (χ1n) is 7.04. The minimum atomic E-state index is -0.832. The minimum Gasteiger partial charge on any atom is -0.481 e. The van der Waals surface area contributed by atoms with Crippen molar-refractivity contribution >= 4 is 12.0 Å². The fraction of sp³-hybridized carbons (Fsp3) is 0.846. The highest BCUT2D eigenvalue weighted by Crippen LogP contribution is 2.09. The smallest absolute Gasteiger partial charge is 0.314 e. The Labute approximate surface area is 114 Å². The summed E-state index contributed by atoms with van der Waals surface area (Å²) in [6.07, 6.45) is 3.12. The number of rotatable bonds is 8. The van der Waals surface area contributed by atoms with Gasteiger partial charge in [-0.3, -0.25) is 4.79 Å². The van der Waals surface area contributed by atoms with E-state index < -0.39 is 5.97 Å². The molecule has 1 unspecified atom stereocenters. The van der Waals surface area contributed by atoms with Gasteiger partial charge in [-0.2, -0.15) is 0 Å². The van der Waals surface area contributed by atoms with Gasteiger partial charge in [0.05, 0.1) is 0 Å². The molecule has 3 N–H and O–H groups in total. The lowest BCUT2D eigenvalue weighted by Crippen LogP contribution is -2.40. The van der Waals surface area contributed by atoms with E-state index in [0.717, 1.165) is 6.54 Å². The summed E-state index contributed by atoms with van der Waals surface area (Å²) in [5.74, 6) is -0.399. The second-order valence-corrected chi connectivity index (χ2v) is 5.25. The molecule has 19 heavy (non-hydrogen) atoms. The quantitative estimate of drug-likeness (QED) is 0.572. The first-order valence-corrected chi connectivity index (χ1v) is 7.04. The molecule has 0 radical (unpaired) electrons. The fourth-order valence-corrected chi connectivity index (χ4v) is 2.24. The third-order valence-electron chi connectivity index (χ3n) is 3.23. The molecular formula is C13H25N3O3. The van der Waals surface area contributed by atoms with Crippen LogP contribution in [0.2, 0.25) is 0 Å². The number of likely N-dealkylation sites (tertiary alicyclic amines) is 1. The van der Waals surface area contributed by atoms with Gasteiger partial charge in [0.25, 0.3) is 0 Å². The molecule has 2 amide bonds. The lowest BCUT2D eigenvalue weighted by atomic mass is 10.1. The van der Waals surface area contributed by atoms with Crippen LogP contribution < -0.4 is 10.6 Å². The molecular weight excluding hydrogens is 246 g/mol. The van der Waals surface area contributed by atoms with Crippen LogP contribution in [0, 0.1) is 5.92 Å². The van der Waals surface area contributed by atoms with Crippen LogP contribution in [0.15, 0.2) is 0 Å². The molecule has 1 aliphatic rings. The highest BCUT2D eigenvalue weighted by molar-refractivity contribution is 5.73. The van der Waals surface area contributed by atoms with Gasteiger partial charge in [-0.15, -0.1) is 0 Å². The number of urea groups is 1. The normalized spacial score (nSPS) is 17.1. The van der Waals surface area contributed by atoms with E-state index in [9.17, 15) is 9.59 Å². The van der Waals surface area contributed by atoms with Crippen LogP contribution in [-0.4, -0.2) is 54.7 Å². The number of hydrogen-bond acceptors (Lipinski definition) is 3. The van der Waals surface area contributed by atoms with Gasteiger partial charge >= 0.3 is 12.0 Å². The van der Waals surface area contributed by atoms with Gasteiger partial charge in [0.2, 0.25) is 0 Å². The molecule has 110 valence electrons. The Morgan fingerprint density at radius 2 is 1.95 bits per heavy atom. The van der Waals surface area contributed by atoms with Crippen molar-refractivity contribution in [3.8, 4) is 0 Å². The van der Waals surface area contributed by atoms with Crippen LogP contribution in [0.25, 0.3) is 0 Å². The van der Waals surface area contributed by atoms with Crippen molar-refractivity contribution < 1.29 is 14.7 Å². The Kier molecular flexibility index (Phi) is 7.25. The highest BCUT2D eigenvalue weighted by Gasteiger charge is 2.14. The first kappa shape index (κ1) is 15.8. The molecule has 1 rings (SSSR count). The van der Waals surface area contributed by atoms with E-state index in [0.29, 0.717) is 25.4 Å². The summed E-state index contributed by atoms with van der Waals surface area (Å²) in [6, 6.07) is -0.210. The number of carbonyl (C=O) groups excluding carboxylic acids is 1.